The van der Waals surface area contributed by atoms with Crippen LogP contribution in [0, 0.1) is 11.8 Å². The Labute approximate surface area is 161 Å². The predicted octanol–water partition coefficient (Wildman–Crippen LogP) is 1.69. The van der Waals surface area contributed by atoms with Gasteiger partial charge in [-0.3, -0.25) is 0 Å². The quantitative estimate of drug-likeness (QED) is 0.288. The molecule has 0 radical (unpaired) electrons. The molecule has 3 atom stereocenters. The van der Waals surface area contributed by atoms with E-state index in [1.54, 1.807) is 13.4 Å². The van der Waals surface area contributed by atoms with Crippen LogP contribution in [0.3, 0.4) is 0 Å². The number of aryl methyl sites for hydroxylation is 1. The van der Waals surface area contributed by atoms with E-state index in [1.165, 1.54) is 25.7 Å². The molecule has 2 N–H and O–H groups in total. The normalized spacial score (nSPS) is 25.6. The topological polar surface area (TPSA) is 76.4 Å². The summed E-state index contributed by atoms with van der Waals surface area (Å²) in [5.74, 6) is 3.50. The molecule has 2 aliphatic carbocycles. The molecule has 0 aliphatic heterocycles. The smallest absolute Gasteiger partial charge is 0.191 e. The van der Waals surface area contributed by atoms with E-state index in [4.69, 9.17) is 9.73 Å². The first kappa shape index (κ1) is 19.4. The molecule has 0 amide bonds. The SMILES string of the molecule is COCCCNC(=NCc1nncn1C)NC1CC2CCC1C2.I. The van der Waals surface area contributed by atoms with Crippen LogP contribution in [-0.4, -0.2) is 47.0 Å². The lowest BCUT2D eigenvalue weighted by Crippen LogP contribution is -2.46. The van der Waals surface area contributed by atoms with E-state index in [9.17, 15) is 0 Å². The molecule has 3 rings (SSSR count). The highest BCUT2D eigenvalue weighted by Gasteiger charge is 2.39. The van der Waals surface area contributed by atoms with Crippen molar-refractivity contribution in [3.63, 3.8) is 0 Å². The molecule has 0 spiro atoms. The molecule has 1 aromatic rings. The van der Waals surface area contributed by atoms with Crippen LogP contribution >= 0.6 is 24.0 Å². The summed E-state index contributed by atoms with van der Waals surface area (Å²) in [6.07, 6.45) is 8.13. The number of nitrogens with zero attached hydrogens (tertiary/aromatic N) is 4. The van der Waals surface area contributed by atoms with Gasteiger partial charge in [0.05, 0.1) is 0 Å². The van der Waals surface area contributed by atoms with Crippen molar-refractivity contribution in [3.05, 3.63) is 12.2 Å². The van der Waals surface area contributed by atoms with Gasteiger partial charge in [0.1, 0.15) is 12.9 Å². The molecule has 1 aromatic heterocycles. The third-order valence-electron chi connectivity index (χ3n) is 5.06. The lowest BCUT2D eigenvalue weighted by molar-refractivity contribution is 0.195. The van der Waals surface area contributed by atoms with Crippen LogP contribution in [0.1, 0.15) is 37.9 Å². The summed E-state index contributed by atoms with van der Waals surface area (Å²) in [7, 11) is 3.68. The van der Waals surface area contributed by atoms with Crippen LogP contribution in [0.15, 0.2) is 11.3 Å². The molecule has 2 saturated carbocycles. The number of rotatable bonds is 7. The van der Waals surface area contributed by atoms with Crippen LogP contribution in [0.2, 0.25) is 0 Å². The number of aromatic nitrogens is 3. The molecule has 2 bridgehead atoms. The number of ether oxygens (including phenoxy) is 1. The average Bonchev–Trinajstić information content (AvgIpc) is 3.26. The lowest BCUT2D eigenvalue weighted by atomic mass is 9.95. The Morgan fingerprint density at radius 1 is 1.42 bits per heavy atom. The van der Waals surface area contributed by atoms with Gasteiger partial charge >= 0.3 is 0 Å². The number of nitrogens with one attached hydrogen (secondary N) is 2. The summed E-state index contributed by atoms with van der Waals surface area (Å²) in [4.78, 5) is 4.70. The Bertz CT molecular complexity index is 534. The van der Waals surface area contributed by atoms with Gasteiger partial charge in [-0.1, -0.05) is 6.42 Å². The highest BCUT2D eigenvalue weighted by molar-refractivity contribution is 14.0. The molecule has 0 aromatic carbocycles. The number of hydrogen-bond donors (Lipinski definition) is 2. The van der Waals surface area contributed by atoms with Gasteiger partial charge in [0, 0.05) is 33.4 Å². The van der Waals surface area contributed by atoms with E-state index in [0.717, 1.165) is 43.2 Å². The minimum atomic E-state index is 0. The Balaban J connectivity index is 0.00000208. The van der Waals surface area contributed by atoms with Crippen LogP contribution < -0.4 is 10.6 Å². The minimum Gasteiger partial charge on any atom is -0.385 e. The van der Waals surface area contributed by atoms with E-state index in [-0.39, 0.29) is 24.0 Å². The van der Waals surface area contributed by atoms with Gasteiger partial charge in [-0.2, -0.15) is 0 Å². The minimum absolute atomic E-state index is 0. The van der Waals surface area contributed by atoms with E-state index < -0.39 is 0 Å². The van der Waals surface area contributed by atoms with Crippen LogP contribution in [0.25, 0.3) is 0 Å². The number of halogens is 1. The van der Waals surface area contributed by atoms with E-state index in [0.29, 0.717) is 12.6 Å². The Kier molecular flexibility index (Phi) is 7.73. The van der Waals surface area contributed by atoms with Gasteiger partial charge in [-0.15, -0.1) is 34.2 Å². The van der Waals surface area contributed by atoms with Crippen molar-refractivity contribution in [1.82, 2.24) is 25.4 Å². The van der Waals surface area contributed by atoms with Gasteiger partial charge < -0.3 is 19.9 Å². The summed E-state index contributed by atoms with van der Waals surface area (Å²) >= 11 is 0. The Morgan fingerprint density at radius 3 is 2.92 bits per heavy atom. The maximum atomic E-state index is 5.11. The molecule has 1 heterocycles. The largest absolute Gasteiger partial charge is 0.385 e. The third kappa shape index (κ3) is 5.05. The van der Waals surface area contributed by atoms with Crippen LogP contribution in [0.5, 0.6) is 0 Å². The zero-order valence-corrected chi connectivity index (χ0v) is 16.9. The second kappa shape index (κ2) is 9.55. The second-order valence-corrected chi connectivity index (χ2v) is 6.72. The fraction of sp³-hybridized carbons (Fsp3) is 0.812. The summed E-state index contributed by atoms with van der Waals surface area (Å²) in [5, 5.41) is 15.1. The zero-order chi connectivity index (χ0) is 16.1. The van der Waals surface area contributed by atoms with Crippen LogP contribution in [-0.2, 0) is 18.3 Å². The summed E-state index contributed by atoms with van der Waals surface area (Å²) in [6, 6.07) is 0.571. The summed E-state index contributed by atoms with van der Waals surface area (Å²) < 4.78 is 7.02. The zero-order valence-electron chi connectivity index (χ0n) is 14.6. The maximum Gasteiger partial charge on any atom is 0.191 e. The van der Waals surface area contributed by atoms with Gasteiger partial charge in [-0.25, -0.2) is 4.99 Å². The van der Waals surface area contributed by atoms with Gasteiger partial charge in [0.25, 0.3) is 0 Å². The fourth-order valence-electron chi connectivity index (χ4n) is 3.77. The fourth-order valence-corrected chi connectivity index (χ4v) is 3.77. The third-order valence-corrected chi connectivity index (χ3v) is 5.06. The number of aliphatic imine (C=N–C) groups is 1. The molecule has 0 saturated heterocycles. The van der Waals surface area contributed by atoms with Crippen LogP contribution in [0.4, 0.5) is 0 Å². The van der Waals surface area contributed by atoms with Crippen molar-refractivity contribution in [1.29, 1.82) is 0 Å². The first-order chi connectivity index (χ1) is 11.3. The molecule has 2 fully saturated rings. The van der Waals surface area contributed by atoms with Gasteiger partial charge in [-0.05, 0) is 37.5 Å². The first-order valence-corrected chi connectivity index (χ1v) is 8.63. The van der Waals surface area contributed by atoms with Crippen molar-refractivity contribution < 1.29 is 4.74 Å². The second-order valence-electron chi connectivity index (χ2n) is 6.72. The number of guanidine groups is 1. The molecular weight excluding hydrogens is 419 g/mol. The molecule has 7 nitrogen and oxygen atoms in total. The van der Waals surface area contributed by atoms with E-state index in [2.05, 4.69) is 20.8 Å². The number of hydrogen-bond acceptors (Lipinski definition) is 4. The highest BCUT2D eigenvalue weighted by Crippen LogP contribution is 2.44. The molecule has 136 valence electrons. The Morgan fingerprint density at radius 2 is 2.29 bits per heavy atom. The standard InChI is InChI=1S/C16H28N6O.HI/c1-22-11-19-21-15(22)10-18-16(17-6-3-7-23-2)20-14-9-12-4-5-13(14)8-12;/h11-14H,3-10H2,1-2H3,(H2,17,18,20);1H. The lowest BCUT2D eigenvalue weighted by Gasteiger charge is -2.25. The monoisotopic (exact) mass is 448 g/mol. The molecule has 2 aliphatic rings. The molecule has 3 unspecified atom stereocenters. The molecule has 24 heavy (non-hydrogen) atoms. The van der Waals surface area contributed by atoms with E-state index >= 15 is 0 Å². The predicted molar refractivity (Wildman–Crippen MR) is 104 cm³/mol. The summed E-state index contributed by atoms with van der Waals surface area (Å²) in [6.45, 7) is 2.16. The first-order valence-electron chi connectivity index (χ1n) is 8.63. The van der Waals surface area contributed by atoms with Gasteiger partial charge in [0.2, 0.25) is 0 Å². The molecular formula is C16H29IN6O. The van der Waals surface area contributed by atoms with E-state index in [1.807, 2.05) is 11.6 Å². The van der Waals surface area contributed by atoms with Crippen molar-refractivity contribution in [3.8, 4) is 0 Å². The Hall–Kier alpha value is -0.900. The van der Waals surface area contributed by atoms with Crippen molar-refractivity contribution >= 4 is 29.9 Å². The summed E-state index contributed by atoms with van der Waals surface area (Å²) in [5.41, 5.74) is 0. The highest BCUT2D eigenvalue weighted by atomic mass is 127. The maximum absolute atomic E-state index is 5.11. The van der Waals surface area contributed by atoms with Crippen molar-refractivity contribution in [2.75, 3.05) is 20.3 Å². The molecule has 8 heteroatoms. The van der Waals surface area contributed by atoms with Crippen molar-refractivity contribution in [2.45, 2.75) is 44.7 Å². The van der Waals surface area contributed by atoms with Gasteiger partial charge in [0.15, 0.2) is 11.8 Å². The number of methoxy groups -OCH3 is 1. The number of fused-ring (bicyclic) bond motifs is 2. The average molecular weight is 448 g/mol. The van der Waals surface area contributed by atoms with Crippen molar-refractivity contribution in [2.24, 2.45) is 23.9 Å².